The van der Waals surface area contributed by atoms with Crippen molar-refractivity contribution in [3.8, 4) is 17.2 Å². The van der Waals surface area contributed by atoms with Gasteiger partial charge in [0.1, 0.15) is 11.9 Å². The van der Waals surface area contributed by atoms with E-state index in [-0.39, 0.29) is 6.10 Å². The molecule has 0 unspecified atom stereocenters. The number of nitrogens with zero attached hydrogens (tertiary/aromatic N) is 3. The van der Waals surface area contributed by atoms with Crippen LogP contribution >= 0.6 is 11.5 Å². The topological polar surface area (TPSA) is 56.7 Å². The van der Waals surface area contributed by atoms with Crippen molar-refractivity contribution in [2.45, 2.75) is 25.9 Å². The first kappa shape index (κ1) is 15.9. The van der Waals surface area contributed by atoms with Gasteiger partial charge in [-0.3, -0.25) is 0 Å². The summed E-state index contributed by atoms with van der Waals surface area (Å²) in [6, 6.07) is 5.67. The fourth-order valence-corrected chi connectivity index (χ4v) is 3.41. The van der Waals surface area contributed by atoms with Crippen LogP contribution in [0.3, 0.4) is 0 Å². The Morgan fingerprint density at radius 1 is 1.13 bits per heavy atom. The van der Waals surface area contributed by atoms with E-state index in [2.05, 4.69) is 14.3 Å². The second kappa shape index (κ2) is 7.04. The van der Waals surface area contributed by atoms with Crippen LogP contribution in [0, 0.1) is 6.92 Å². The standard InChI is InChI=1S/C16H21N3O3S/c1-11-17-16(23-18-11)19-9-7-12(8-10-19)22-15-13(20-2)5-4-6-14(15)21-3/h4-6,12H,7-10H2,1-3H3. The van der Waals surface area contributed by atoms with Gasteiger partial charge in [0.15, 0.2) is 11.5 Å². The molecule has 0 aliphatic carbocycles. The average Bonchev–Trinajstić information content (AvgIpc) is 3.02. The number of piperidine rings is 1. The highest BCUT2D eigenvalue weighted by Gasteiger charge is 2.24. The largest absolute Gasteiger partial charge is 0.493 e. The maximum absolute atomic E-state index is 6.18. The van der Waals surface area contributed by atoms with Crippen molar-refractivity contribution >= 4 is 16.7 Å². The predicted molar refractivity (Wildman–Crippen MR) is 90.1 cm³/mol. The zero-order chi connectivity index (χ0) is 16.2. The first-order valence-electron chi connectivity index (χ1n) is 7.64. The fraction of sp³-hybridized carbons (Fsp3) is 0.500. The van der Waals surface area contributed by atoms with Crippen molar-refractivity contribution in [1.82, 2.24) is 9.36 Å². The van der Waals surface area contributed by atoms with E-state index in [4.69, 9.17) is 14.2 Å². The second-order valence-electron chi connectivity index (χ2n) is 5.42. The first-order chi connectivity index (χ1) is 11.2. The number of anilines is 1. The van der Waals surface area contributed by atoms with E-state index in [9.17, 15) is 0 Å². The Kier molecular flexibility index (Phi) is 4.85. The Labute approximate surface area is 140 Å². The maximum Gasteiger partial charge on any atom is 0.205 e. The van der Waals surface area contributed by atoms with Crippen molar-refractivity contribution in [3.63, 3.8) is 0 Å². The molecule has 3 rings (SSSR count). The van der Waals surface area contributed by atoms with Crippen LogP contribution in [-0.4, -0.2) is 42.8 Å². The maximum atomic E-state index is 6.18. The molecule has 1 aromatic heterocycles. The number of hydrogen-bond acceptors (Lipinski definition) is 7. The SMILES string of the molecule is COc1cccc(OC)c1OC1CCN(c2nc(C)ns2)CC1. The molecule has 6 nitrogen and oxygen atoms in total. The van der Waals surface area contributed by atoms with Gasteiger partial charge in [-0.15, -0.1) is 0 Å². The molecule has 124 valence electrons. The lowest BCUT2D eigenvalue weighted by Crippen LogP contribution is -2.38. The number of para-hydroxylation sites is 1. The molecule has 0 spiro atoms. The van der Waals surface area contributed by atoms with Crippen molar-refractivity contribution in [2.75, 3.05) is 32.2 Å². The fourth-order valence-electron chi connectivity index (χ4n) is 2.68. The van der Waals surface area contributed by atoms with Gasteiger partial charge in [-0.1, -0.05) is 6.07 Å². The molecule has 2 aromatic rings. The quantitative estimate of drug-likeness (QED) is 0.837. The molecule has 23 heavy (non-hydrogen) atoms. The van der Waals surface area contributed by atoms with Gasteiger partial charge in [0, 0.05) is 37.5 Å². The van der Waals surface area contributed by atoms with E-state index >= 15 is 0 Å². The molecule has 0 bridgehead atoms. The lowest BCUT2D eigenvalue weighted by Gasteiger charge is -2.32. The molecule has 0 atom stereocenters. The number of benzene rings is 1. The molecule has 0 N–H and O–H groups in total. The smallest absolute Gasteiger partial charge is 0.205 e. The van der Waals surface area contributed by atoms with Gasteiger partial charge in [0.25, 0.3) is 0 Å². The minimum Gasteiger partial charge on any atom is -0.493 e. The molecule has 1 saturated heterocycles. The molecule has 1 aliphatic rings. The van der Waals surface area contributed by atoms with E-state index in [0.717, 1.165) is 36.9 Å². The predicted octanol–water partition coefficient (Wildman–Crippen LogP) is 2.91. The van der Waals surface area contributed by atoms with Gasteiger partial charge < -0.3 is 19.1 Å². The monoisotopic (exact) mass is 335 g/mol. The normalized spacial score (nSPS) is 15.5. The summed E-state index contributed by atoms with van der Waals surface area (Å²) in [6.45, 7) is 3.75. The molecule has 1 aliphatic heterocycles. The Bertz CT molecular complexity index is 632. The molecule has 1 fully saturated rings. The second-order valence-corrected chi connectivity index (χ2v) is 6.15. The van der Waals surface area contributed by atoms with E-state index in [0.29, 0.717) is 17.2 Å². The number of hydrogen-bond donors (Lipinski definition) is 0. The van der Waals surface area contributed by atoms with Gasteiger partial charge in [0.05, 0.1) is 14.2 Å². The van der Waals surface area contributed by atoms with Gasteiger partial charge >= 0.3 is 0 Å². The Morgan fingerprint density at radius 3 is 2.30 bits per heavy atom. The van der Waals surface area contributed by atoms with Crippen LogP contribution in [0.2, 0.25) is 0 Å². The lowest BCUT2D eigenvalue weighted by molar-refractivity contribution is 0.158. The Balaban J connectivity index is 1.65. The van der Waals surface area contributed by atoms with Gasteiger partial charge in [-0.25, -0.2) is 4.98 Å². The zero-order valence-electron chi connectivity index (χ0n) is 13.6. The summed E-state index contributed by atoms with van der Waals surface area (Å²) >= 11 is 1.46. The van der Waals surface area contributed by atoms with Gasteiger partial charge in [0.2, 0.25) is 10.9 Å². The number of rotatable bonds is 5. The zero-order valence-corrected chi connectivity index (χ0v) is 14.4. The van der Waals surface area contributed by atoms with Crippen molar-refractivity contribution in [2.24, 2.45) is 0 Å². The van der Waals surface area contributed by atoms with E-state index in [1.54, 1.807) is 14.2 Å². The third-order valence-corrected chi connectivity index (χ3v) is 4.76. The van der Waals surface area contributed by atoms with Crippen LogP contribution in [0.1, 0.15) is 18.7 Å². The summed E-state index contributed by atoms with van der Waals surface area (Å²) < 4.78 is 21.2. The summed E-state index contributed by atoms with van der Waals surface area (Å²) in [5.74, 6) is 2.92. The third kappa shape index (κ3) is 3.50. The highest BCUT2D eigenvalue weighted by Crippen LogP contribution is 2.38. The number of aromatic nitrogens is 2. The molecule has 2 heterocycles. The molecule has 0 radical (unpaired) electrons. The first-order valence-corrected chi connectivity index (χ1v) is 8.41. The minimum absolute atomic E-state index is 0.144. The van der Waals surface area contributed by atoms with E-state index in [1.807, 2.05) is 25.1 Å². The number of methoxy groups -OCH3 is 2. The van der Waals surface area contributed by atoms with Crippen molar-refractivity contribution < 1.29 is 14.2 Å². The summed E-state index contributed by atoms with van der Waals surface area (Å²) in [7, 11) is 3.28. The minimum atomic E-state index is 0.144. The molecular formula is C16H21N3O3S. The van der Waals surface area contributed by atoms with Crippen LogP contribution in [0.25, 0.3) is 0 Å². The summed E-state index contributed by atoms with van der Waals surface area (Å²) in [4.78, 5) is 6.72. The van der Waals surface area contributed by atoms with Gasteiger partial charge in [-0.2, -0.15) is 4.37 Å². The Morgan fingerprint density at radius 2 is 1.78 bits per heavy atom. The molecule has 0 amide bonds. The highest BCUT2D eigenvalue weighted by molar-refractivity contribution is 7.09. The summed E-state index contributed by atoms with van der Waals surface area (Å²) in [6.07, 6.45) is 2.00. The number of aryl methyl sites for hydroxylation is 1. The van der Waals surface area contributed by atoms with Gasteiger partial charge in [-0.05, 0) is 19.1 Å². The van der Waals surface area contributed by atoms with Crippen LogP contribution in [-0.2, 0) is 0 Å². The van der Waals surface area contributed by atoms with E-state index in [1.165, 1.54) is 11.5 Å². The molecule has 0 saturated carbocycles. The van der Waals surface area contributed by atoms with Crippen LogP contribution in [0.15, 0.2) is 18.2 Å². The molecular weight excluding hydrogens is 314 g/mol. The van der Waals surface area contributed by atoms with Crippen LogP contribution in [0.4, 0.5) is 5.13 Å². The summed E-state index contributed by atoms with van der Waals surface area (Å²) in [5.41, 5.74) is 0. The highest BCUT2D eigenvalue weighted by atomic mass is 32.1. The van der Waals surface area contributed by atoms with Crippen molar-refractivity contribution in [1.29, 1.82) is 0 Å². The Hall–Kier alpha value is -2.02. The van der Waals surface area contributed by atoms with Crippen LogP contribution in [0.5, 0.6) is 17.2 Å². The van der Waals surface area contributed by atoms with E-state index < -0.39 is 0 Å². The molecule has 7 heteroatoms. The van der Waals surface area contributed by atoms with Crippen LogP contribution < -0.4 is 19.1 Å². The number of ether oxygens (including phenoxy) is 3. The van der Waals surface area contributed by atoms with Crippen molar-refractivity contribution in [3.05, 3.63) is 24.0 Å². The third-order valence-electron chi connectivity index (χ3n) is 3.90. The lowest BCUT2D eigenvalue weighted by atomic mass is 10.1. The average molecular weight is 335 g/mol. The molecule has 1 aromatic carbocycles. The summed E-state index contributed by atoms with van der Waals surface area (Å²) in [5, 5.41) is 0.996.